The number of carbonyl (C=O) groups is 1. The van der Waals surface area contributed by atoms with Crippen molar-refractivity contribution in [1.82, 2.24) is 4.98 Å². The monoisotopic (exact) mass is 381 g/mol. The number of nitriles is 1. The smallest absolute Gasteiger partial charge is 0.234 e. The highest BCUT2D eigenvalue weighted by atomic mass is 35.5. The van der Waals surface area contributed by atoms with Gasteiger partial charge in [0.25, 0.3) is 0 Å². The lowest BCUT2D eigenvalue weighted by atomic mass is 10.1. The summed E-state index contributed by atoms with van der Waals surface area (Å²) in [4.78, 5) is 16.8. The van der Waals surface area contributed by atoms with Crippen molar-refractivity contribution in [2.45, 2.75) is 18.9 Å². The number of aromatic nitrogens is 1. The minimum absolute atomic E-state index is 0.142. The maximum absolute atomic E-state index is 12.2. The van der Waals surface area contributed by atoms with Gasteiger partial charge in [-0.25, -0.2) is 4.98 Å². The third-order valence-corrected chi connectivity index (χ3v) is 5.18. The minimum Gasteiger partial charge on any atom is -0.324 e. The van der Waals surface area contributed by atoms with E-state index in [9.17, 15) is 10.1 Å². The second-order valence-corrected chi connectivity index (χ2v) is 7.29. The normalized spacial score (nSPS) is 10.5. The number of hydrogen-bond donors (Lipinski definition) is 1. The van der Waals surface area contributed by atoms with Crippen LogP contribution in [0.15, 0.2) is 47.5 Å². The second-order valence-electron chi connectivity index (χ2n) is 5.92. The molecule has 1 heterocycles. The van der Waals surface area contributed by atoms with E-state index in [1.807, 2.05) is 26.0 Å². The number of carbonyl (C=O) groups excluding carboxylic acids is 1. The molecule has 0 bridgehead atoms. The number of halogens is 1. The Morgan fingerprint density at radius 3 is 2.77 bits per heavy atom. The van der Waals surface area contributed by atoms with Crippen molar-refractivity contribution in [3.05, 3.63) is 64.2 Å². The number of nitrogens with zero attached hydrogens (tertiary/aromatic N) is 2. The van der Waals surface area contributed by atoms with Crippen molar-refractivity contribution in [3.63, 3.8) is 0 Å². The number of thioether (sulfide) groups is 1. The molecule has 0 saturated heterocycles. The molecule has 0 radical (unpaired) electrons. The highest BCUT2D eigenvalue weighted by molar-refractivity contribution is 8.00. The standard InChI is InChI=1S/C20H16ClN3OS/c1-12-7-13(2)15-9-14(10-22)20(24-18(15)8-12)26-11-19(25)23-17-6-4-3-5-16(17)21/h3-9H,11H2,1-2H3,(H,23,25). The Balaban J connectivity index is 1.81. The average molecular weight is 382 g/mol. The van der Waals surface area contributed by atoms with Crippen molar-refractivity contribution in [3.8, 4) is 6.07 Å². The molecule has 130 valence electrons. The average Bonchev–Trinajstić information content (AvgIpc) is 2.61. The number of nitrogens with one attached hydrogen (secondary N) is 1. The molecule has 0 unspecified atom stereocenters. The van der Waals surface area contributed by atoms with E-state index in [4.69, 9.17) is 11.6 Å². The molecule has 0 spiro atoms. The van der Waals surface area contributed by atoms with Gasteiger partial charge in [0, 0.05) is 5.39 Å². The lowest BCUT2D eigenvalue weighted by Crippen LogP contribution is -2.14. The molecule has 4 nitrogen and oxygen atoms in total. The van der Waals surface area contributed by atoms with Crippen LogP contribution in [0.2, 0.25) is 5.02 Å². The van der Waals surface area contributed by atoms with Gasteiger partial charge in [0.05, 0.1) is 27.5 Å². The Morgan fingerprint density at radius 2 is 2.04 bits per heavy atom. The summed E-state index contributed by atoms with van der Waals surface area (Å²) in [6.45, 7) is 4.01. The summed E-state index contributed by atoms with van der Waals surface area (Å²) in [5.74, 6) is -0.0576. The van der Waals surface area contributed by atoms with Gasteiger partial charge in [0.15, 0.2) is 0 Å². The van der Waals surface area contributed by atoms with Crippen molar-refractivity contribution in [2.75, 3.05) is 11.1 Å². The number of anilines is 1. The number of para-hydroxylation sites is 1. The number of fused-ring (bicyclic) bond motifs is 1. The van der Waals surface area contributed by atoms with Gasteiger partial charge in [-0.3, -0.25) is 4.79 Å². The number of amides is 1. The zero-order chi connectivity index (χ0) is 18.7. The Labute approximate surface area is 161 Å². The molecule has 0 saturated carbocycles. The number of hydrogen-bond acceptors (Lipinski definition) is 4. The topological polar surface area (TPSA) is 65.8 Å². The molecular weight excluding hydrogens is 366 g/mol. The number of aryl methyl sites for hydroxylation is 2. The van der Waals surface area contributed by atoms with E-state index < -0.39 is 0 Å². The van der Waals surface area contributed by atoms with E-state index in [0.717, 1.165) is 22.0 Å². The third-order valence-electron chi connectivity index (χ3n) is 3.86. The second kappa shape index (κ2) is 7.77. The van der Waals surface area contributed by atoms with Crippen LogP contribution < -0.4 is 5.32 Å². The fourth-order valence-corrected chi connectivity index (χ4v) is 3.63. The fraction of sp³-hybridized carbons (Fsp3) is 0.150. The predicted molar refractivity (Wildman–Crippen MR) is 107 cm³/mol. The van der Waals surface area contributed by atoms with Crippen LogP contribution in [0.25, 0.3) is 10.9 Å². The molecule has 2 aromatic carbocycles. The highest BCUT2D eigenvalue weighted by Gasteiger charge is 2.12. The zero-order valence-electron chi connectivity index (χ0n) is 14.3. The van der Waals surface area contributed by atoms with Gasteiger partial charge in [-0.2, -0.15) is 5.26 Å². The molecule has 3 aromatic rings. The van der Waals surface area contributed by atoms with E-state index in [1.54, 1.807) is 24.3 Å². The van der Waals surface area contributed by atoms with Gasteiger partial charge in [0.1, 0.15) is 11.1 Å². The molecule has 0 aliphatic rings. The van der Waals surface area contributed by atoms with Crippen LogP contribution in [0.1, 0.15) is 16.7 Å². The summed E-state index contributed by atoms with van der Waals surface area (Å²) in [5, 5.41) is 14.2. The highest BCUT2D eigenvalue weighted by Crippen LogP contribution is 2.28. The lowest BCUT2D eigenvalue weighted by Gasteiger charge is -2.09. The molecule has 1 N–H and O–H groups in total. The van der Waals surface area contributed by atoms with Crippen molar-refractivity contribution >= 4 is 45.9 Å². The molecular formula is C20H16ClN3OS. The predicted octanol–water partition coefficient (Wildman–Crippen LogP) is 5.11. The Bertz CT molecular complexity index is 1040. The first-order valence-corrected chi connectivity index (χ1v) is 9.33. The fourth-order valence-electron chi connectivity index (χ4n) is 2.69. The van der Waals surface area contributed by atoms with Crippen LogP contribution in [0.4, 0.5) is 5.69 Å². The van der Waals surface area contributed by atoms with Gasteiger partial charge in [-0.05, 0) is 49.2 Å². The van der Waals surface area contributed by atoms with Crippen LogP contribution in [-0.4, -0.2) is 16.6 Å². The van der Waals surface area contributed by atoms with Crippen molar-refractivity contribution < 1.29 is 4.79 Å². The molecule has 0 aliphatic carbocycles. The summed E-state index contributed by atoms with van der Waals surface area (Å²) in [6.07, 6.45) is 0. The summed E-state index contributed by atoms with van der Waals surface area (Å²) in [6, 6.07) is 15.1. The van der Waals surface area contributed by atoms with Gasteiger partial charge in [-0.15, -0.1) is 0 Å². The van der Waals surface area contributed by atoms with Crippen molar-refractivity contribution in [1.29, 1.82) is 5.26 Å². The number of pyridine rings is 1. The quantitative estimate of drug-likeness (QED) is 0.638. The first kappa shape index (κ1) is 18.2. The lowest BCUT2D eigenvalue weighted by molar-refractivity contribution is -0.113. The molecule has 0 atom stereocenters. The van der Waals surface area contributed by atoms with Gasteiger partial charge >= 0.3 is 0 Å². The van der Waals surface area contributed by atoms with E-state index >= 15 is 0 Å². The molecule has 1 amide bonds. The van der Waals surface area contributed by atoms with E-state index in [2.05, 4.69) is 22.4 Å². The Morgan fingerprint density at radius 1 is 1.27 bits per heavy atom. The zero-order valence-corrected chi connectivity index (χ0v) is 15.9. The number of rotatable bonds is 4. The molecule has 3 rings (SSSR count). The summed E-state index contributed by atoms with van der Waals surface area (Å²) in [7, 11) is 0. The molecule has 26 heavy (non-hydrogen) atoms. The summed E-state index contributed by atoms with van der Waals surface area (Å²) < 4.78 is 0. The Hall–Kier alpha value is -2.55. The molecule has 1 aromatic heterocycles. The van der Waals surface area contributed by atoms with Crippen LogP contribution >= 0.6 is 23.4 Å². The number of benzene rings is 2. The molecule has 6 heteroatoms. The van der Waals surface area contributed by atoms with Gasteiger partial charge in [0.2, 0.25) is 5.91 Å². The van der Waals surface area contributed by atoms with Gasteiger partial charge in [-0.1, -0.05) is 41.6 Å². The van der Waals surface area contributed by atoms with E-state index in [1.165, 1.54) is 11.8 Å². The maximum Gasteiger partial charge on any atom is 0.234 e. The van der Waals surface area contributed by atoms with Crippen LogP contribution in [-0.2, 0) is 4.79 Å². The maximum atomic E-state index is 12.2. The SMILES string of the molecule is Cc1cc(C)c2cc(C#N)c(SCC(=O)Nc3ccccc3Cl)nc2c1. The first-order chi connectivity index (χ1) is 12.5. The molecule has 0 aliphatic heterocycles. The largest absolute Gasteiger partial charge is 0.324 e. The van der Waals surface area contributed by atoms with Crippen LogP contribution in [0, 0.1) is 25.2 Å². The van der Waals surface area contributed by atoms with E-state index in [-0.39, 0.29) is 11.7 Å². The first-order valence-electron chi connectivity index (χ1n) is 7.97. The summed E-state index contributed by atoms with van der Waals surface area (Å²) >= 11 is 7.29. The van der Waals surface area contributed by atoms with Gasteiger partial charge < -0.3 is 5.32 Å². The third kappa shape index (κ3) is 3.98. The summed E-state index contributed by atoms with van der Waals surface area (Å²) in [5.41, 5.74) is 4.06. The molecule has 0 fully saturated rings. The van der Waals surface area contributed by atoms with Crippen LogP contribution in [0.3, 0.4) is 0 Å². The van der Waals surface area contributed by atoms with Crippen LogP contribution in [0.5, 0.6) is 0 Å². The minimum atomic E-state index is -0.200. The van der Waals surface area contributed by atoms with E-state index in [0.29, 0.717) is 21.3 Å². The Kier molecular flexibility index (Phi) is 5.46. The van der Waals surface area contributed by atoms with Crippen molar-refractivity contribution in [2.24, 2.45) is 0 Å².